The van der Waals surface area contributed by atoms with Crippen molar-refractivity contribution in [3.8, 4) is 11.3 Å². The second kappa shape index (κ2) is 11.5. The number of amides is 1. The number of benzene rings is 1. The summed E-state index contributed by atoms with van der Waals surface area (Å²) < 4.78 is 38.5. The first-order valence-electron chi connectivity index (χ1n) is 14.9. The summed E-state index contributed by atoms with van der Waals surface area (Å²) in [6.45, 7) is 14.2. The molecule has 232 valence electrons. The maximum Gasteiger partial charge on any atom is 0.351 e. The lowest BCUT2D eigenvalue weighted by Gasteiger charge is -2.45. The molecule has 4 aromatic heterocycles. The third kappa shape index (κ3) is 5.15. The molecule has 0 aliphatic carbocycles. The highest BCUT2D eigenvalue weighted by molar-refractivity contribution is 5.95. The van der Waals surface area contributed by atoms with Crippen LogP contribution in [-0.2, 0) is 11.3 Å². The number of rotatable bonds is 6. The summed E-state index contributed by atoms with van der Waals surface area (Å²) in [5.41, 5.74) is 1.87. The Morgan fingerprint density at radius 1 is 1.11 bits per heavy atom. The summed E-state index contributed by atoms with van der Waals surface area (Å²) in [4.78, 5) is 43.8. The number of fused-ring (bicyclic) bond motifs is 2. The van der Waals surface area contributed by atoms with Crippen molar-refractivity contribution in [1.29, 1.82) is 0 Å². The molecule has 6 rings (SSSR count). The van der Waals surface area contributed by atoms with Crippen LogP contribution in [0.3, 0.4) is 0 Å². The van der Waals surface area contributed by atoms with Crippen LogP contribution in [-0.4, -0.2) is 55.5 Å². The second-order valence-electron chi connectivity index (χ2n) is 12.0. The zero-order chi connectivity index (χ0) is 32.2. The number of pyridine rings is 2. The summed E-state index contributed by atoms with van der Waals surface area (Å²) >= 11 is 0. The van der Waals surface area contributed by atoms with Crippen molar-refractivity contribution in [3.05, 3.63) is 94.4 Å². The van der Waals surface area contributed by atoms with E-state index in [1.807, 2.05) is 45.6 Å². The lowest BCUT2D eigenvalue weighted by molar-refractivity contribution is -0.127. The van der Waals surface area contributed by atoms with Gasteiger partial charge >= 0.3 is 5.69 Å². The van der Waals surface area contributed by atoms with Crippen molar-refractivity contribution >= 4 is 33.7 Å². The van der Waals surface area contributed by atoms with Gasteiger partial charge in [0.25, 0.3) is 0 Å². The highest BCUT2D eigenvalue weighted by atomic mass is 19.1. The smallest absolute Gasteiger partial charge is 0.351 e. The molecule has 1 amide bonds. The topological polar surface area (TPSA) is 97.4 Å². The molecule has 5 aromatic rings. The average molecular weight is 613 g/mol. The summed E-state index contributed by atoms with van der Waals surface area (Å²) in [5, 5.41) is 0.875. The van der Waals surface area contributed by atoms with Gasteiger partial charge in [0.1, 0.15) is 28.6 Å². The highest BCUT2D eigenvalue weighted by Gasteiger charge is 2.34. The van der Waals surface area contributed by atoms with Crippen LogP contribution in [0.4, 0.5) is 14.6 Å². The number of anilines is 1. The fourth-order valence-corrected chi connectivity index (χ4v) is 6.42. The van der Waals surface area contributed by atoms with Gasteiger partial charge in [-0.05, 0) is 74.2 Å². The van der Waals surface area contributed by atoms with Crippen LogP contribution >= 0.6 is 0 Å². The summed E-state index contributed by atoms with van der Waals surface area (Å²) in [7, 11) is 0. The quantitative estimate of drug-likeness (QED) is 0.218. The molecular weight excluding hydrogens is 578 g/mol. The molecule has 1 aliphatic rings. The van der Waals surface area contributed by atoms with Crippen molar-refractivity contribution in [2.75, 3.05) is 18.0 Å². The molecule has 1 saturated heterocycles. The Hall–Kier alpha value is -4.93. The molecule has 0 unspecified atom stereocenters. The minimum absolute atomic E-state index is 0.0667. The van der Waals surface area contributed by atoms with Gasteiger partial charge in [0.2, 0.25) is 5.91 Å². The zero-order valence-electron chi connectivity index (χ0n) is 25.8. The maximum absolute atomic E-state index is 16.2. The van der Waals surface area contributed by atoms with Gasteiger partial charge in [0, 0.05) is 42.5 Å². The monoisotopic (exact) mass is 612 g/mol. The summed E-state index contributed by atoms with van der Waals surface area (Å²) in [6.07, 6.45) is 4.41. The van der Waals surface area contributed by atoms with E-state index in [9.17, 15) is 9.59 Å². The molecule has 45 heavy (non-hydrogen) atoms. The van der Waals surface area contributed by atoms with Crippen molar-refractivity contribution in [2.24, 2.45) is 0 Å². The number of aryl methyl sites for hydroxylation is 1. The number of carbonyl (C=O) groups is 1. The molecule has 0 saturated carbocycles. The van der Waals surface area contributed by atoms with E-state index in [1.165, 1.54) is 29.0 Å². The predicted molar refractivity (Wildman–Crippen MR) is 169 cm³/mol. The molecular formula is C34H34F2N6O3. The first-order chi connectivity index (χ1) is 21.5. The third-order valence-corrected chi connectivity index (χ3v) is 8.53. The zero-order valence-corrected chi connectivity index (χ0v) is 25.8. The van der Waals surface area contributed by atoms with Gasteiger partial charge in [-0.1, -0.05) is 20.4 Å². The molecule has 0 spiro atoms. The number of aromatic nitrogens is 4. The Bertz CT molecular complexity index is 2020. The number of halogens is 2. The van der Waals surface area contributed by atoms with Gasteiger partial charge in [-0.2, -0.15) is 4.98 Å². The maximum atomic E-state index is 16.2. The Labute approximate surface area is 258 Å². The van der Waals surface area contributed by atoms with Crippen LogP contribution in [0.5, 0.6) is 0 Å². The fourth-order valence-electron chi connectivity index (χ4n) is 6.42. The Morgan fingerprint density at radius 3 is 2.53 bits per heavy atom. The van der Waals surface area contributed by atoms with E-state index in [0.29, 0.717) is 18.5 Å². The lowest BCUT2D eigenvalue weighted by atomic mass is 9.99. The van der Waals surface area contributed by atoms with Crippen LogP contribution < -0.4 is 10.6 Å². The number of furan rings is 1. The molecule has 1 fully saturated rings. The van der Waals surface area contributed by atoms with E-state index in [0.717, 1.165) is 16.8 Å². The SMILES string of the molecule is C=CC(=O)N1C[C@H](C)N(c2nc(=O)n(Cc3c(C)ccnc3C(C)C)c3nc(-c4c(F)ccc5ccoc45)c(F)cc23)[C@@H](C)C1. The lowest BCUT2D eigenvalue weighted by Crippen LogP contribution is -2.58. The number of nitrogens with zero attached hydrogens (tertiary/aromatic N) is 6. The normalized spacial score (nSPS) is 17.1. The van der Waals surface area contributed by atoms with E-state index in [-0.39, 0.29) is 64.1 Å². The molecule has 1 aliphatic heterocycles. The minimum Gasteiger partial charge on any atom is -0.464 e. The molecule has 11 heteroatoms. The van der Waals surface area contributed by atoms with Crippen LogP contribution in [0.25, 0.3) is 33.3 Å². The molecule has 0 N–H and O–H groups in total. The van der Waals surface area contributed by atoms with Crippen molar-refractivity contribution < 1.29 is 18.0 Å². The van der Waals surface area contributed by atoms with Gasteiger partial charge in [0.05, 0.1) is 23.8 Å². The number of carbonyl (C=O) groups excluding carboxylic acids is 1. The Morgan fingerprint density at radius 2 is 1.84 bits per heavy atom. The summed E-state index contributed by atoms with van der Waals surface area (Å²) in [5.74, 6) is -1.38. The van der Waals surface area contributed by atoms with E-state index in [4.69, 9.17) is 4.42 Å². The Balaban J connectivity index is 1.62. The van der Waals surface area contributed by atoms with Gasteiger partial charge in [-0.15, -0.1) is 0 Å². The molecule has 0 bridgehead atoms. The molecule has 5 heterocycles. The van der Waals surface area contributed by atoms with Crippen LogP contribution in [0.15, 0.2) is 64.7 Å². The first kappa shape index (κ1) is 30.1. The van der Waals surface area contributed by atoms with E-state index in [2.05, 4.69) is 21.5 Å². The van der Waals surface area contributed by atoms with Crippen molar-refractivity contribution in [1.82, 2.24) is 24.4 Å². The standard InChI is InChI=1S/C34H34F2N6O3/c1-7-27(43)40-15-20(5)42(21(6)16-40)33-23-14-26(36)30(28-25(35)9-8-22-11-13-45-31(22)28)38-32(23)41(34(44)39-33)17-24-19(4)10-12-37-29(24)18(2)3/h7-14,18,20-21H,1,15-17H2,2-6H3/t20-,21-/m0/s1. The van der Waals surface area contributed by atoms with E-state index >= 15 is 8.78 Å². The molecule has 1 aromatic carbocycles. The first-order valence-corrected chi connectivity index (χ1v) is 14.9. The largest absolute Gasteiger partial charge is 0.464 e. The van der Waals surface area contributed by atoms with Crippen molar-refractivity contribution in [2.45, 2.75) is 59.2 Å². The highest BCUT2D eigenvalue weighted by Crippen LogP contribution is 2.36. The predicted octanol–water partition coefficient (Wildman–Crippen LogP) is 5.97. The minimum atomic E-state index is -0.792. The van der Waals surface area contributed by atoms with Crippen LogP contribution in [0.2, 0.25) is 0 Å². The molecule has 9 nitrogen and oxygen atoms in total. The van der Waals surface area contributed by atoms with E-state index < -0.39 is 17.3 Å². The molecule has 0 radical (unpaired) electrons. The number of hydrogen-bond donors (Lipinski definition) is 0. The second-order valence-corrected chi connectivity index (χ2v) is 12.0. The fraction of sp³-hybridized carbons (Fsp3) is 0.324. The van der Waals surface area contributed by atoms with Gasteiger partial charge in [-0.3, -0.25) is 14.3 Å². The number of hydrogen-bond acceptors (Lipinski definition) is 7. The van der Waals surface area contributed by atoms with Crippen LogP contribution in [0, 0.1) is 18.6 Å². The number of piperazine rings is 1. The van der Waals surface area contributed by atoms with Gasteiger partial charge < -0.3 is 14.2 Å². The van der Waals surface area contributed by atoms with Crippen LogP contribution in [0.1, 0.15) is 50.4 Å². The van der Waals surface area contributed by atoms with Gasteiger partial charge in [0.15, 0.2) is 5.82 Å². The Kier molecular flexibility index (Phi) is 7.72. The van der Waals surface area contributed by atoms with Gasteiger partial charge in [-0.25, -0.2) is 18.6 Å². The average Bonchev–Trinajstić information content (AvgIpc) is 3.47. The molecule has 2 atom stereocenters. The summed E-state index contributed by atoms with van der Waals surface area (Å²) in [6, 6.07) is 7.04. The van der Waals surface area contributed by atoms with Crippen molar-refractivity contribution in [3.63, 3.8) is 0 Å². The third-order valence-electron chi connectivity index (χ3n) is 8.53. The van der Waals surface area contributed by atoms with E-state index in [1.54, 1.807) is 23.2 Å².